The predicted molar refractivity (Wildman–Crippen MR) is 104 cm³/mol. The second kappa shape index (κ2) is 8.73. The van der Waals surface area contributed by atoms with E-state index < -0.39 is 0 Å². The van der Waals surface area contributed by atoms with Gasteiger partial charge in [0.1, 0.15) is 18.0 Å². The highest BCUT2D eigenvalue weighted by molar-refractivity contribution is 6.30. The van der Waals surface area contributed by atoms with Crippen molar-refractivity contribution < 1.29 is 9.66 Å². The molecular weight excluding hydrogens is 356 g/mol. The molecule has 0 aliphatic carbocycles. The number of hydrogen-bond donors (Lipinski definition) is 2. The molecule has 0 saturated carbocycles. The number of anilines is 2. The first-order valence-corrected chi connectivity index (χ1v) is 8.87. The fourth-order valence-corrected chi connectivity index (χ4v) is 2.96. The van der Waals surface area contributed by atoms with E-state index in [1.54, 1.807) is 36.4 Å². The van der Waals surface area contributed by atoms with Gasteiger partial charge in [-0.15, -0.1) is 0 Å². The Morgan fingerprint density at radius 3 is 2.62 bits per heavy atom. The molecule has 2 N–H and O–H groups in total. The van der Waals surface area contributed by atoms with Gasteiger partial charge in [-0.25, -0.2) is 0 Å². The summed E-state index contributed by atoms with van der Waals surface area (Å²) in [6, 6.07) is 12.3. The number of rotatable bonds is 7. The number of piperazine rings is 1. The maximum Gasteiger partial charge on any atom is 0.292 e. The minimum Gasteiger partial charge on any atom is -0.492 e. The van der Waals surface area contributed by atoms with Gasteiger partial charge in [0.2, 0.25) is 0 Å². The van der Waals surface area contributed by atoms with Gasteiger partial charge >= 0.3 is 0 Å². The van der Waals surface area contributed by atoms with Crippen LogP contribution in [0.4, 0.5) is 17.1 Å². The minimum atomic E-state index is -0.371. The summed E-state index contributed by atoms with van der Waals surface area (Å²) in [5.74, 6) is 0.709. The third-order valence-electron chi connectivity index (χ3n) is 4.16. The number of halogens is 1. The van der Waals surface area contributed by atoms with Crippen LogP contribution in [0.2, 0.25) is 5.02 Å². The van der Waals surface area contributed by atoms with E-state index in [9.17, 15) is 10.1 Å². The van der Waals surface area contributed by atoms with Crippen LogP contribution in [0.25, 0.3) is 0 Å². The molecule has 1 heterocycles. The van der Waals surface area contributed by atoms with Crippen molar-refractivity contribution in [2.45, 2.75) is 0 Å². The Hall–Kier alpha value is -2.51. The standard InChI is InChI=1S/C18H21ClN4O3/c19-14-1-4-16(5-2-14)26-12-9-21-17-13-15(3-6-18(17)23(24)25)22-10-7-20-8-11-22/h1-6,13,20-21H,7-12H2. The van der Waals surface area contributed by atoms with E-state index in [-0.39, 0.29) is 10.6 Å². The third-order valence-corrected chi connectivity index (χ3v) is 4.41. The van der Waals surface area contributed by atoms with Crippen molar-refractivity contribution in [3.8, 4) is 5.75 Å². The van der Waals surface area contributed by atoms with Gasteiger partial charge in [-0.1, -0.05) is 11.6 Å². The zero-order valence-corrected chi connectivity index (χ0v) is 15.0. The monoisotopic (exact) mass is 376 g/mol. The Morgan fingerprint density at radius 1 is 1.19 bits per heavy atom. The summed E-state index contributed by atoms with van der Waals surface area (Å²) in [6.07, 6.45) is 0. The number of nitro benzene ring substituents is 1. The fraction of sp³-hybridized carbons (Fsp3) is 0.333. The van der Waals surface area contributed by atoms with Gasteiger partial charge in [-0.3, -0.25) is 10.1 Å². The van der Waals surface area contributed by atoms with Crippen molar-refractivity contribution in [1.29, 1.82) is 0 Å². The molecule has 2 aromatic rings. The van der Waals surface area contributed by atoms with Gasteiger partial charge in [0.25, 0.3) is 5.69 Å². The highest BCUT2D eigenvalue weighted by Crippen LogP contribution is 2.29. The second-order valence-corrected chi connectivity index (χ2v) is 6.36. The first kappa shape index (κ1) is 18.3. The van der Waals surface area contributed by atoms with Crippen LogP contribution < -0.4 is 20.3 Å². The first-order chi connectivity index (χ1) is 12.6. The minimum absolute atomic E-state index is 0.0652. The lowest BCUT2D eigenvalue weighted by Gasteiger charge is -2.29. The van der Waals surface area contributed by atoms with Crippen LogP contribution in [0.3, 0.4) is 0 Å². The lowest BCUT2D eigenvalue weighted by Crippen LogP contribution is -2.43. The summed E-state index contributed by atoms with van der Waals surface area (Å²) >= 11 is 5.84. The fourth-order valence-electron chi connectivity index (χ4n) is 2.83. The molecule has 1 saturated heterocycles. The van der Waals surface area contributed by atoms with E-state index in [2.05, 4.69) is 15.5 Å². The molecule has 26 heavy (non-hydrogen) atoms. The van der Waals surface area contributed by atoms with Crippen molar-refractivity contribution in [2.24, 2.45) is 0 Å². The topological polar surface area (TPSA) is 79.7 Å². The number of nitrogens with zero attached hydrogens (tertiary/aromatic N) is 2. The molecule has 3 rings (SSSR count). The first-order valence-electron chi connectivity index (χ1n) is 8.50. The average molecular weight is 377 g/mol. The molecule has 7 nitrogen and oxygen atoms in total. The molecule has 2 aromatic carbocycles. The van der Waals surface area contributed by atoms with Gasteiger partial charge < -0.3 is 20.3 Å². The SMILES string of the molecule is O=[N+]([O-])c1ccc(N2CCNCC2)cc1NCCOc1ccc(Cl)cc1. The van der Waals surface area contributed by atoms with Gasteiger partial charge in [0.05, 0.1) is 4.92 Å². The van der Waals surface area contributed by atoms with Gasteiger partial charge in [-0.2, -0.15) is 0 Å². The van der Waals surface area contributed by atoms with E-state index in [4.69, 9.17) is 16.3 Å². The van der Waals surface area contributed by atoms with Crippen LogP contribution in [-0.2, 0) is 0 Å². The maximum atomic E-state index is 11.3. The molecule has 1 aliphatic rings. The lowest BCUT2D eigenvalue weighted by molar-refractivity contribution is -0.383. The Morgan fingerprint density at radius 2 is 1.92 bits per heavy atom. The van der Waals surface area contributed by atoms with E-state index >= 15 is 0 Å². The number of nitrogens with one attached hydrogen (secondary N) is 2. The smallest absolute Gasteiger partial charge is 0.292 e. The van der Waals surface area contributed by atoms with Crippen molar-refractivity contribution >= 4 is 28.7 Å². The summed E-state index contributed by atoms with van der Waals surface area (Å²) in [6.45, 7) is 4.43. The summed E-state index contributed by atoms with van der Waals surface area (Å²) in [5, 5.41) is 18.4. The van der Waals surface area contributed by atoms with Crippen molar-refractivity contribution in [1.82, 2.24) is 5.32 Å². The maximum absolute atomic E-state index is 11.3. The highest BCUT2D eigenvalue weighted by atomic mass is 35.5. The van der Waals surface area contributed by atoms with Crippen LogP contribution in [0.1, 0.15) is 0 Å². The predicted octanol–water partition coefficient (Wildman–Crippen LogP) is 3.15. The second-order valence-electron chi connectivity index (χ2n) is 5.92. The number of hydrogen-bond acceptors (Lipinski definition) is 6. The van der Waals surface area contributed by atoms with Crippen LogP contribution in [0, 0.1) is 10.1 Å². The largest absolute Gasteiger partial charge is 0.492 e. The van der Waals surface area contributed by atoms with Crippen molar-refractivity contribution in [3.05, 3.63) is 57.6 Å². The number of nitro groups is 1. The molecule has 0 spiro atoms. The molecule has 0 amide bonds. The Labute approximate surface area is 157 Å². The molecule has 0 radical (unpaired) electrons. The molecule has 8 heteroatoms. The summed E-state index contributed by atoms with van der Waals surface area (Å²) in [4.78, 5) is 13.1. The summed E-state index contributed by atoms with van der Waals surface area (Å²) < 4.78 is 5.62. The molecule has 0 unspecified atom stereocenters. The van der Waals surface area contributed by atoms with E-state index in [0.29, 0.717) is 29.6 Å². The molecule has 1 aliphatic heterocycles. The number of ether oxygens (including phenoxy) is 1. The Kier molecular flexibility index (Phi) is 6.14. The van der Waals surface area contributed by atoms with Crippen molar-refractivity contribution in [2.75, 3.05) is 49.5 Å². The lowest BCUT2D eigenvalue weighted by atomic mass is 10.2. The third kappa shape index (κ3) is 4.77. The van der Waals surface area contributed by atoms with E-state index in [0.717, 1.165) is 31.9 Å². The molecule has 0 aromatic heterocycles. The zero-order valence-electron chi connectivity index (χ0n) is 14.3. The highest BCUT2D eigenvalue weighted by Gasteiger charge is 2.17. The van der Waals surface area contributed by atoms with Crippen molar-refractivity contribution in [3.63, 3.8) is 0 Å². The van der Waals surface area contributed by atoms with E-state index in [1.807, 2.05) is 6.07 Å². The summed E-state index contributed by atoms with van der Waals surface area (Å²) in [7, 11) is 0. The quantitative estimate of drug-likeness (QED) is 0.439. The molecule has 1 fully saturated rings. The van der Waals surface area contributed by atoms with Crippen LogP contribution in [0.15, 0.2) is 42.5 Å². The zero-order chi connectivity index (χ0) is 18.4. The molecule has 138 valence electrons. The van der Waals surface area contributed by atoms with Crippen LogP contribution in [-0.4, -0.2) is 44.3 Å². The molecule has 0 bridgehead atoms. The van der Waals surface area contributed by atoms with E-state index in [1.165, 1.54) is 0 Å². The normalized spacial score (nSPS) is 14.1. The van der Waals surface area contributed by atoms with Crippen LogP contribution >= 0.6 is 11.6 Å². The summed E-state index contributed by atoms with van der Waals surface area (Å²) in [5.41, 5.74) is 1.55. The van der Waals surface area contributed by atoms with Gasteiger partial charge in [0.15, 0.2) is 0 Å². The Balaban J connectivity index is 1.62. The molecular formula is C18H21ClN4O3. The van der Waals surface area contributed by atoms with Gasteiger partial charge in [-0.05, 0) is 36.4 Å². The van der Waals surface area contributed by atoms with Crippen LogP contribution in [0.5, 0.6) is 5.75 Å². The Bertz CT molecular complexity index is 749. The average Bonchev–Trinajstić information content (AvgIpc) is 2.67. The van der Waals surface area contributed by atoms with Gasteiger partial charge in [0, 0.05) is 49.5 Å². The molecule has 0 atom stereocenters. The number of benzene rings is 2.